The van der Waals surface area contributed by atoms with Gasteiger partial charge in [0, 0.05) is 13.1 Å². The second-order valence-corrected chi connectivity index (χ2v) is 5.47. The standard InChI is InChI=1S/C18H21N/c1-3-8-16(9-4-1)14-19-13-7-12-18(15-19)17-10-5-2-6-11-17/h1-6,8-11,18H,7,12-15H2/t18-/m0/s1. The average molecular weight is 251 g/mol. The van der Waals surface area contributed by atoms with E-state index in [4.69, 9.17) is 0 Å². The van der Waals surface area contributed by atoms with E-state index in [-0.39, 0.29) is 0 Å². The lowest BCUT2D eigenvalue weighted by molar-refractivity contribution is 0.200. The van der Waals surface area contributed by atoms with Crippen molar-refractivity contribution in [3.8, 4) is 0 Å². The molecule has 1 atom stereocenters. The molecule has 0 N–H and O–H groups in total. The Kier molecular flexibility index (Phi) is 3.95. The number of piperidine rings is 1. The molecule has 1 nitrogen and oxygen atoms in total. The maximum absolute atomic E-state index is 2.59. The molecule has 0 radical (unpaired) electrons. The van der Waals surface area contributed by atoms with Crippen LogP contribution in [0.25, 0.3) is 0 Å². The van der Waals surface area contributed by atoms with Crippen LogP contribution in [0.1, 0.15) is 29.9 Å². The van der Waals surface area contributed by atoms with Crippen molar-refractivity contribution in [3.05, 3.63) is 71.8 Å². The number of nitrogens with zero attached hydrogens (tertiary/aromatic N) is 1. The van der Waals surface area contributed by atoms with E-state index in [0.717, 1.165) is 6.54 Å². The minimum Gasteiger partial charge on any atom is -0.298 e. The minimum absolute atomic E-state index is 0.707. The van der Waals surface area contributed by atoms with Crippen LogP contribution in [-0.4, -0.2) is 18.0 Å². The highest BCUT2D eigenvalue weighted by atomic mass is 15.1. The van der Waals surface area contributed by atoms with Crippen molar-refractivity contribution in [3.63, 3.8) is 0 Å². The number of hydrogen-bond donors (Lipinski definition) is 0. The Balaban J connectivity index is 1.65. The topological polar surface area (TPSA) is 3.24 Å². The summed E-state index contributed by atoms with van der Waals surface area (Å²) in [6, 6.07) is 21.8. The molecule has 2 aromatic carbocycles. The summed E-state index contributed by atoms with van der Waals surface area (Å²) in [7, 11) is 0. The first kappa shape index (κ1) is 12.4. The van der Waals surface area contributed by atoms with Gasteiger partial charge in [-0.25, -0.2) is 0 Å². The largest absolute Gasteiger partial charge is 0.298 e. The monoisotopic (exact) mass is 251 g/mol. The molecular weight excluding hydrogens is 230 g/mol. The Morgan fingerprint density at radius 3 is 2.32 bits per heavy atom. The van der Waals surface area contributed by atoms with Gasteiger partial charge in [-0.15, -0.1) is 0 Å². The first-order chi connectivity index (χ1) is 9.42. The molecule has 1 aliphatic heterocycles. The van der Waals surface area contributed by atoms with Crippen LogP contribution in [-0.2, 0) is 6.54 Å². The van der Waals surface area contributed by atoms with Crippen LogP contribution in [0.4, 0.5) is 0 Å². The Morgan fingerprint density at radius 2 is 1.58 bits per heavy atom. The lowest BCUT2D eigenvalue weighted by Gasteiger charge is -2.33. The van der Waals surface area contributed by atoms with Gasteiger partial charge in [0.05, 0.1) is 0 Å². The Labute approximate surface area is 115 Å². The van der Waals surface area contributed by atoms with Gasteiger partial charge >= 0.3 is 0 Å². The Bertz CT molecular complexity index is 492. The van der Waals surface area contributed by atoms with Gasteiger partial charge < -0.3 is 0 Å². The van der Waals surface area contributed by atoms with Crippen molar-refractivity contribution in [2.45, 2.75) is 25.3 Å². The first-order valence-corrected chi connectivity index (χ1v) is 7.23. The number of hydrogen-bond acceptors (Lipinski definition) is 1. The minimum atomic E-state index is 0.707. The van der Waals surface area contributed by atoms with Gasteiger partial charge in [0.1, 0.15) is 0 Å². The summed E-state index contributed by atoms with van der Waals surface area (Å²) in [6.07, 6.45) is 2.64. The molecule has 1 aliphatic rings. The van der Waals surface area contributed by atoms with E-state index in [1.165, 1.54) is 37.1 Å². The molecule has 0 aliphatic carbocycles. The van der Waals surface area contributed by atoms with Crippen LogP contribution in [0, 0.1) is 0 Å². The molecule has 1 heterocycles. The molecule has 0 amide bonds. The third-order valence-electron chi connectivity index (χ3n) is 4.03. The summed E-state index contributed by atoms with van der Waals surface area (Å²) in [6.45, 7) is 3.52. The average Bonchev–Trinajstić information content (AvgIpc) is 2.49. The maximum atomic E-state index is 2.59. The molecule has 0 saturated carbocycles. The van der Waals surface area contributed by atoms with Crippen LogP contribution >= 0.6 is 0 Å². The molecule has 98 valence electrons. The molecule has 3 rings (SSSR count). The quantitative estimate of drug-likeness (QED) is 0.795. The summed E-state index contributed by atoms with van der Waals surface area (Å²) in [5.41, 5.74) is 2.93. The molecule has 0 spiro atoms. The molecule has 19 heavy (non-hydrogen) atoms. The smallest absolute Gasteiger partial charge is 0.0233 e. The van der Waals surface area contributed by atoms with E-state index >= 15 is 0 Å². The van der Waals surface area contributed by atoms with Crippen molar-refractivity contribution in [1.82, 2.24) is 4.90 Å². The van der Waals surface area contributed by atoms with Gasteiger partial charge in [0.25, 0.3) is 0 Å². The molecule has 0 unspecified atom stereocenters. The number of benzene rings is 2. The van der Waals surface area contributed by atoms with Crippen molar-refractivity contribution in [2.75, 3.05) is 13.1 Å². The van der Waals surface area contributed by atoms with E-state index in [0.29, 0.717) is 5.92 Å². The fraction of sp³-hybridized carbons (Fsp3) is 0.333. The second kappa shape index (κ2) is 6.03. The van der Waals surface area contributed by atoms with Crippen LogP contribution in [0.3, 0.4) is 0 Å². The molecule has 0 bridgehead atoms. The third-order valence-corrected chi connectivity index (χ3v) is 4.03. The van der Waals surface area contributed by atoms with Crippen molar-refractivity contribution in [2.24, 2.45) is 0 Å². The van der Waals surface area contributed by atoms with Crippen molar-refractivity contribution in [1.29, 1.82) is 0 Å². The Hall–Kier alpha value is -1.60. The molecule has 1 heteroatoms. The zero-order valence-electron chi connectivity index (χ0n) is 11.3. The predicted octanol–water partition coefficient (Wildman–Crippen LogP) is 4.07. The van der Waals surface area contributed by atoms with Crippen molar-refractivity contribution < 1.29 is 0 Å². The second-order valence-electron chi connectivity index (χ2n) is 5.47. The molecule has 1 saturated heterocycles. The van der Waals surface area contributed by atoms with Gasteiger partial charge in [-0.3, -0.25) is 4.90 Å². The van der Waals surface area contributed by atoms with Gasteiger partial charge in [-0.05, 0) is 36.4 Å². The van der Waals surface area contributed by atoms with Gasteiger partial charge in [-0.1, -0.05) is 60.7 Å². The highest BCUT2D eigenvalue weighted by molar-refractivity contribution is 5.21. The number of likely N-dealkylation sites (tertiary alicyclic amines) is 1. The van der Waals surface area contributed by atoms with Crippen LogP contribution < -0.4 is 0 Å². The fourth-order valence-corrected chi connectivity index (χ4v) is 3.04. The van der Waals surface area contributed by atoms with E-state index in [1.807, 2.05) is 0 Å². The third kappa shape index (κ3) is 3.24. The fourth-order valence-electron chi connectivity index (χ4n) is 3.04. The van der Waals surface area contributed by atoms with Crippen LogP contribution in [0.15, 0.2) is 60.7 Å². The van der Waals surface area contributed by atoms with Crippen molar-refractivity contribution >= 4 is 0 Å². The zero-order valence-corrected chi connectivity index (χ0v) is 11.3. The van der Waals surface area contributed by atoms with Crippen LogP contribution in [0.2, 0.25) is 0 Å². The molecule has 0 aromatic heterocycles. The van der Waals surface area contributed by atoms with E-state index < -0.39 is 0 Å². The van der Waals surface area contributed by atoms with Gasteiger partial charge in [-0.2, -0.15) is 0 Å². The van der Waals surface area contributed by atoms with E-state index in [1.54, 1.807) is 0 Å². The van der Waals surface area contributed by atoms with Crippen LogP contribution in [0.5, 0.6) is 0 Å². The predicted molar refractivity (Wildman–Crippen MR) is 80.1 cm³/mol. The normalized spacial score (nSPS) is 20.3. The highest BCUT2D eigenvalue weighted by Gasteiger charge is 2.20. The molecule has 2 aromatic rings. The lowest BCUT2D eigenvalue weighted by atomic mass is 9.90. The van der Waals surface area contributed by atoms with Gasteiger partial charge in [0.2, 0.25) is 0 Å². The van der Waals surface area contributed by atoms with Gasteiger partial charge in [0.15, 0.2) is 0 Å². The summed E-state index contributed by atoms with van der Waals surface area (Å²) in [4.78, 5) is 2.59. The summed E-state index contributed by atoms with van der Waals surface area (Å²) in [5, 5.41) is 0. The lowest BCUT2D eigenvalue weighted by Crippen LogP contribution is -2.33. The summed E-state index contributed by atoms with van der Waals surface area (Å²) in [5.74, 6) is 0.707. The van der Waals surface area contributed by atoms with E-state index in [9.17, 15) is 0 Å². The Morgan fingerprint density at radius 1 is 0.895 bits per heavy atom. The maximum Gasteiger partial charge on any atom is 0.0233 e. The zero-order chi connectivity index (χ0) is 12.9. The summed E-state index contributed by atoms with van der Waals surface area (Å²) < 4.78 is 0. The molecule has 1 fully saturated rings. The SMILES string of the molecule is c1ccc(CN2CCC[C@H](c3ccccc3)C2)cc1. The highest BCUT2D eigenvalue weighted by Crippen LogP contribution is 2.27. The number of rotatable bonds is 3. The first-order valence-electron chi connectivity index (χ1n) is 7.23. The summed E-state index contributed by atoms with van der Waals surface area (Å²) >= 11 is 0. The molecular formula is C18H21N. The van der Waals surface area contributed by atoms with E-state index in [2.05, 4.69) is 65.6 Å².